The van der Waals surface area contributed by atoms with E-state index in [9.17, 15) is 13.2 Å². The number of anilines is 1. The van der Waals surface area contributed by atoms with Crippen molar-refractivity contribution < 1.29 is 17.9 Å². The number of carbonyl (C=O) groups excluding carboxylic acids is 1. The van der Waals surface area contributed by atoms with Gasteiger partial charge >= 0.3 is 0 Å². The van der Waals surface area contributed by atoms with Crippen LogP contribution >= 0.6 is 0 Å². The van der Waals surface area contributed by atoms with Gasteiger partial charge in [0.15, 0.2) is 0 Å². The van der Waals surface area contributed by atoms with E-state index in [1.807, 2.05) is 32.0 Å². The molecule has 0 spiro atoms. The Labute approximate surface area is 154 Å². The minimum absolute atomic E-state index is 0.00560. The number of nitrogens with one attached hydrogen (secondary N) is 2. The lowest BCUT2D eigenvalue weighted by Crippen LogP contribution is -2.41. The number of hydrogen-bond acceptors (Lipinski definition) is 4. The molecule has 7 heteroatoms. The van der Waals surface area contributed by atoms with Crippen LogP contribution in [0.1, 0.15) is 23.6 Å². The fraction of sp³-hybridized carbons (Fsp3) is 0.316. The van der Waals surface area contributed by atoms with Crippen molar-refractivity contribution in [1.82, 2.24) is 4.72 Å². The lowest BCUT2D eigenvalue weighted by molar-refractivity contribution is -0.117. The molecule has 2 N–H and O–H groups in total. The van der Waals surface area contributed by atoms with Crippen molar-refractivity contribution in [2.24, 2.45) is 0 Å². The van der Waals surface area contributed by atoms with E-state index >= 15 is 0 Å². The van der Waals surface area contributed by atoms with Crippen LogP contribution < -0.4 is 14.8 Å². The average molecular weight is 376 g/mol. The Kier molecular flexibility index (Phi) is 6.05. The van der Waals surface area contributed by atoms with Crippen LogP contribution in [0.15, 0.2) is 41.3 Å². The molecule has 26 heavy (non-hydrogen) atoms. The van der Waals surface area contributed by atoms with Crippen LogP contribution in [0.4, 0.5) is 5.69 Å². The van der Waals surface area contributed by atoms with Crippen molar-refractivity contribution in [2.75, 3.05) is 12.4 Å². The fourth-order valence-electron chi connectivity index (χ4n) is 2.64. The average Bonchev–Trinajstić information content (AvgIpc) is 2.53. The van der Waals surface area contributed by atoms with Gasteiger partial charge < -0.3 is 10.1 Å². The number of carbonyl (C=O) groups is 1. The van der Waals surface area contributed by atoms with Crippen LogP contribution in [-0.2, 0) is 14.8 Å². The Hall–Kier alpha value is -2.38. The Morgan fingerprint density at radius 3 is 2.19 bits per heavy atom. The maximum absolute atomic E-state index is 12.7. The van der Waals surface area contributed by atoms with Crippen molar-refractivity contribution in [2.45, 2.75) is 38.6 Å². The number of methoxy groups -OCH3 is 1. The highest BCUT2D eigenvalue weighted by atomic mass is 32.2. The summed E-state index contributed by atoms with van der Waals surface area (Å²) in [6, 6.07) is 9.55. The molecule has 2 rings (SSSR count). The molecule has 1 atom stereocenters. The quantitative estimate of drug-likeness (QED) is 0.812. The number of rotatable bonds is 6. The van der Waals surface area contributed by atoms with Gasteiger partial charge in [0.1, 0.15) is 10.6 Å². The summed E-state index contributed by atoms with van der Waals surface area (Å²) >= 11 is 0. The smallest absolute Gasteiger partial charge is 0.244 e. The first kappa shape index (κ1) is 19.9. The number of hydrogen-bond donors (Lipinski definition) is 2. The van der Waals surface area contributed by atoms with Gasteiger partial charge in [0, 0.05) is 5.69 Å². The molecule has 0 bridgehead atoms. The van der Waals surface area contributed by atoms with Crippen LogP contribution in [0.25, 0.3) is 0 Å². The number of ether oxygens (including phenoxy) is 1. The molecular weight excluding hydrogens is 352 g/mol. The molecule has 2 aromatic carbocycles. The molecule has 0 unspecified atom stereocenters. The van der Waals surface area contributed by atoms with Gasteiger partial charge in [0.2, 0.25) is 15.9 Å². The second-order valence-electron chi connectivity index (χ2n) is 6.36. The molecule has 2 aromatic rings. The van der Waals surface area contributed by atoms with Crippen molar-refractivity contribution >= 4 is 21.6 Å². The molecule has 6 nitrogen and oxygen atoms in total. The standard InChI is InChI=1S/C19H24N2O4S/c1-12-6-7-17(25-5)18(11-12)26(23,24)21-15(4)19(22)20-16-9-13(2)8-14(3)10-16/h6-11,15,21H,1-5H3,(H,20,22)/t15-/m1/s1. The number of benzene rings is 2. The van der Waals surface area contributed by atoms with Gasteiger partial charge in [-0.25, -0.2) is 8.42 Å². The Bertz CT molecular complexity index is 903. The van der Waals surface area contributed by atoms with E-state index in [4.69, 9.17) is 4.74 Å². The Balaban J connectivity index is 2.18. The molecule has 1 amide bonds. The van der Waals surface area contributed by atoms with E-state index in [2.05, 4.69) is 10.0 Å². The second kappa shape index (κ2) is 7.88. The van der Waals surface area contributed by atoms with Crippen LogP contribution in [0.3, 0.4) is 0 Å². The van der Waals surface area contributed by atoms with Gasteiger partial charge in [-0.15, -0.1) is 0 Å². The highest BCUT2D eigenvalue weighted by Crippen LogP contribution is 2.24. The van der Waals surface area contributed by atoms with Crippen molar-refractivity contribution in [3.8, 4) is 5.75 Å². The highest BCUT2D eigenvalue weighted by molar-refractivity contribution is 7.89. The summed E-state index contributed by atoms with van der Waals surface area (Å²) < 4.78 is 32.9. The van der Waals surface area contributed by atoms with Gasteiger partial charge in [0.25, 0.3) is 0 Å². The monoisotopic (exact) mass is 376 g/mol. The van der Waals surface area contributed by atoms with Crippen LogP contribution in [0.2, 0.25) is 0 Å². The summed E-state index contributed by atoms with van der Waals surface area (Å²) in [6.07, 6.45) is 0. The zero-order chi connectivity index (χ0) is 19.5. The summed E-state index contributed by atoms with van der Waals surface area (Å²) in [4.78, 5) is 12.4. The number of amides is 1. The van der Waals surface area contributed by atoms with E-state index in [0.717, 1.165) is 16.7 Å². The van der Waals surface area contributed by atoms with Gasteiger partial charge in [-0.3, -0.25) is 4.79 Å². The third-order valence-electron chi connectivity index (χ3n) is 3.82. The molecule has 0 saturated heterocycles. The molecule has 0 aliphatic rings. The molecule has 0 aliphatic heterocycles. The topological polar surface area (TPSA) is 84.5 Å². The highest BCUT2D eigenvalue weighted by Gasteiger charge is 2.25. The van der Waals surface area contributed by atoms with Crippen LogP contribution in [0.5, 0.6) is 5.75 Å². The summed E-state index contributed by atoms with van der Waals surface area (Å²) in [5.41, 5.74) is 3.43. The molecule has 0 radical (unpaired) electrons. The summed E-state index contributed by atoms with van der Waals surface area (Å²) in [7, 11) is -2.51. The molecule has 0 aliphatic carbocycles. The Morgan fingerprint density at radius 1 is 1.00 bits per heavy atom. The zero-order valence-corrected chi connectivity index (χ0v) is 16.4. The summed E-state index contributed by atoms with van der Waals surface area (Å²) in [6.45, 7) is 7.14. The third-order valence-corrected chi connectivity index (χ3v) is 5.39. The maximum atomic E-state index is 12.7. The van der Waals surface area contributed by atoms with Gasteiger partial charge in [-0.1, -0.05) is 12.1 Å². The van der Waals surface area contributed by atoms with Gasteiger partial charge in [0.05, 0.1) is 13.2 Å². The first-order valence-electron chi connectivity index (χ1n) is 8.18. The predicted octanol–water partition coefficient (Wildman–Crippen LogP) is 2.93. The van der Waals surface area contributed by atoms with Gasteiger partial charge in [-0.05, 0) is 68.7 Å². The zero-order valence-electron chi connectivity index (χ0n) is 15.6. The minimum atomic E-state index is -3.91. The third kappa shape index (κ3) is 4.83. The van der Waals surface area contributed by atoms with E-state index in [1.165, 1.54) is 20.1 Å². The molecule has 0 aromatic heterocycles. The minimum Gasteiger partial charge on any atom is -0.495 e. The maximum Gasteiger partial charge on any atom is 0.244 e. The first-order chi connectivity index (χ1) is 12.1. The molecule has 0 saturated carbocycles. The van der Waals surface area contributed by atoms with Crippen molar-refractivity contribution in [1.29, 1.82) is 0 Å². The number of aryl methyl sites for hydroxylation is 3. The summed E-state index contributed by atoms with van der Waals surface area (Å²) in [5, 5.41) is 2.74. The van der Waals surface area contributed by atoms with Crippen LogP contribution in [-0.4, -0.2) is 27.5 Å². The van der Waals surface area contributed by atoms with E-state index in [-0.39, 0.29) is 10.6 Å². The molecule has 0 heterocycles. The fourth-order valence-corrected chi connectivity index (χ4v) is 4.10. The lowest BCUT2D eigenvalue weighted by Gasteiger charge is -2.16. The number of sulfonamides is 1. The first-order valence-corrected chi connectivity index (χ1v) is 9.67. The molecule has 140 valence electrons. The largest absolute Gasteiger partial charge is 0.495 e. The molecule has 0 fully saturated rings. The van der Waals surface area contributed by atoms with E-state index in [0.29, 0.717) is 5.69 Å². The second-order valence-corrected chi connectivity index (χ2v) is 8.05. The van der Waals surface area contributed by atoms with E-state index < -0.39 is 22.0 Å². The van der Waals surface area contributed by atoms with Crippen molar-refractivity contribution in [3.63, 3.8) is 0 Å². The predicted molar refractivity (Wildman–Crippen MR) is 102 cm³/mol. The normalized spacial score (nSPS) is 12.5. The SMILES string of the molecule is COc1ccc(C)cc1S(=O)(=O)N[C@H](C)C(=O)Nc1cc(C)cc(C)c1. The Morgan fingerprint density at radius 2 is 1.62 bits per heavy atom. The van der Waals surface area contributed by atoms with Crippen molar-refractivity contribution in [3.05, 3.63) is 53.1 Å². The van der Waals surface area contributed by atoms with Crippen LogP contribution in [0, 0.1) is 20.8 Å². The lowest BCUT2D eigenvalue weighted by atomic mass is 10.1. The van der Waals surface area contributed by atoms with Gasteiger partial charge in [-0.2, -0.15) is 4.72 Å². The molecular formula is C19H24N2O4S. The summed E-state index contributed by atoms with van der Waals surface area (Å²) in [5.74, 6) is -0.213. The van der Waals surface area contributed by atoms with E-state index in [1.54, 1.807) is 19.1 Å².